The van der Waals surface area contributed by atoms with Gasteiger partial charge in [-0.3, -0.25) is 0 Å². The topological polar surface area (TPSA) is 52.6 Å². The van der Waals surface area contributed by atoms with E-state index in [0.717, 1.165) is 41.6 Å². The molecular weight excluding hydrogens is 268 g/mol. The van der Waals surface area contributed by atoms with E-state index in [9.17, 15) is 0 Å². The first-order chi connectivity index (χ1) is 10.3. The Kier molecular flexibility index (Phi) is 4.09. The molecule has 0 unspecified atom stereocenters. The van der Waals surface area contributed by atoms with Crippen LogP contribution in [0, 0.1) is 0 Å². The highest BCUT2D eigenvalue weighted by Gasteiger charge is 2.13. The number of nitrogens with one attached hydrogen (secondary N) is 1. The zero-order valence-electron chi connectivity index (χ0n) is 12.0. The van der Waals surface area contributed by atoms with Crippen molar-refractivity contribution in [1.82, 2.24) is 4.98 Å². The minimum Gasteiger partial charge on any atom is -0.489 e. The lowest BCUT2D eigenvalue weighted by molar-refractivity contribution is 0.174. The molecular formula is C16H18N2O3. The molecule has 0 radical (unpaired) electrons. The Morgan fingerprint density at radius 3 is 3.00 bits per heavy atom. The maximum atomic E-state index is 5.80. The molecule has 3 rings (SSSR count). The number of nitrogens with zero attached hydrogens (tertiary/aromatic N) is 1. The van der Waals surface area contributed by atoms with Gasteiger partial charge in [-0.15, -0.1) is 0 Å². The number of aromatic nitrogens is 1. The summed E-state index contributed by atoms with van der Waals surface area (Å²) >= 11 is 0. The third-order valence-electron chi connectivity index (χ3n) is 3.13. The lowest BCUT2D eigenvalue weighted by atomic mass is 10.2. The van der Waals surface area contributed by atoms with Crippen molar-refractivity contribution in [2.75, 3.05) is 18.7 Å². The summed E-state index contributed by atoms with van der Waals surface area (Å²) in [4.78, 5) is 4.25. The van der Waals surface area contributed by atoms with Gasteiger partial charge in [0.2, 0.25) is 6.79 Å². The van der Waals surface area contributed by atoms with Crippen molar-refractivity contribution in [2.24, 2.45) is 0 Å². The summed E-state index contributed by atoms with van der Waals surface area (Å²) in [6.45, 7) is 3.79. The van der Waals surface area contributed by atoms with Crippen LogP contribution in [0.25, 0.3) is 0 Å². The molecule has 1 aromatic carbocycles. The molecule has 1 aliphatic heterocycles. The summed E-state index contributed by atoms with van der Waals surface area (Å²) in [5.74, 6) is 3.19. The number of hydrogen-bond donors (Lipinski definition) is 1. The van der Waals surface area contributed by atoms with Crippen molar-refractivity contribution in [3.05, 3.63) is 42.1 Å². The summed E-state index contributed by atoms with van der Waals surface area (Å²) in [5.41, 5.74) is 1.04. The Labute approximate surface area is 123 Å². The van der Waals surface area contributed by atoms with Crippen molar-refractivity contribution in [2.45, 2.75) is 20.0 Å². The van der Waals surface area contributed by atoms with Gasteiger partial charge in [0.1, 0.15) is 18.2 Å². The van der Waals surface area contributed by atoms with E-state index in [1.807, 2.05) is 30.3 Å². The quantitative estimate of drug-likeness (QED) is 0.883. The van der Waals surface area contributed by atoms with E-state index >= 15 is 0 Å². The molecule has 0 spiro atoms. The van der Waals surface area contributed by atoms with Crippen molar-refractivity contribution < 1.29 is 14.2 Å². The van der Waals surface area contributed by atoms with Gasteiger partial charge in [0.05, 0.1) is 0 Å². The maximum Gasteiger partial charge on any atom is 0.231 e. The molecule has 2 heterocycles. The largest absolute Gasteiger partial charge is 0.489 e. The highest BCUT2D eigenvalue weighted by Crippen LogP contribution is 2.32. The van der Waals surface area contributed by atoms with Crippen molar-refractivity contribution in [1.29, 1.82) is 0 Å². The minimum atomic E-state index is 0.288. The summed E-state index contributed by atoms with van der Waals surface area (Å²) < 4.78 is 16.4. The van der Waals surface area contributed by atoms with Gasteiger partial charge in [0.15, 0.2) is 11.5 Å². The van der Waals surface area contributed by atoms with Crippen LogP contribution in [0.15, 0.2) is 36.5 Å². The van der Waals surface area contributed by atoms with Crippen LogP contribution in [0.4, 0.5) is 5.82 Å². The number of rotatable bonds is 6. The van der Waals surface area contributed by atoms with Gasteiger partial charge in [-0.2, -0.15) is 0 Å². The second kappa shape index (κ2) is 6.35. The van der Waals surface area contributed by atoms with Crippen LogP contribution in [-0.2, 0) is 6.61 Å². The maximum absolute atomic E-state index is 5.80. The van der Waals surface area contributed by atoms with E-state index < -0.39 is 0 Å². The highest BCUT2D eigenvalue weighted by atomic mass is 16.7. The number of fused-ring (bicyclic) bond motifs is 1. The number of pyridine rings is 1. The molecule has 0 bridgehead atoms. The number of benzene rings is 1. The average molecular weight is 286 g/mol. The Bertz CT molecular complexity index is 616. The number of hydrogen-bond acceptors (Lipinski definition) is 5. The van der Waals surface area contributed by atoms with E-state index in [-0.39, 0.29) is 6.79 Å². The third kappa shape index (κ3) is 3.37. The Balaban J connectivity index is 1.62. The molecule has 110 valence electrons. The SMILES string of the molecule is CCCNc1cc(OCc2ccc3c(c2)OCO3)ccn1. The number of anilines is 1. The molecule has 0 saturated carbocycles. The van der Waals surface area contributed by atoms with Crippen molar-refractivity contribution >= 4 is 5.82 Å². The fourth-order valence-electron chi connectivity index (χ4n) is 2.05. The second-order valence-corrected chi connectivity index (χ2v) is 4.78. The van der Waals surface area contributed by atoms with Crippen LogP contribution in [0.5, 0.6) is 17.2 Å². The number of ether oxygens (including phenoxy) is 3. The Morgan fingerprint density at radius 2 is 2.10 bits per heavy atom. The molecule has 0 atom stereocenters. The van der Waals surface area contributed by atoms with Crippen LogP contribution in [-0.4, -0.2) is 18.3 Å². The molecule has 2 aromatic rings. The van der Waals surface area contributed by atoms with Crippen LogP contribution in [0.2, 0.25) is 0 Å². The van der Waals surface area contributed by atoms with E-state index in [0.29, 0.717) is 6.61 Å². The Hall–Kier alpha value is -2.43. The highest BCUT2D eigenvalue weighted by molar-refractivity contribution is 5.44. The van der Waals surface area contributed by atoms with Gasteiger partial charge in [-0.1, -0.05) is 13.0 Å². The van der Waals surface area contributed by atoms with Crippen LogP contribution < -0.4 is 19.5 Å². The lowest BCUT2D eigenvalue weighted by Crippen LogP contribution is -2.02. The van der Waals surface area contributed by atoms with Gasteiger partial charge in [-0.25, -0.2) is 4.98 Å². The molecule has 0 saturated heterocycles. The van der Waals surface area contributed by atoms with Crippen molar-refractivity contribution in [3.8, 4) is 17.2 Å². The van der Waals surface area contributed by atoms with E-state index in [2.05, 4.69) is 17.2 Å². The predicted molar refractivity (Wildman–Crippen MR) is 79.9 cm³/mol. The molecule has 5 nitrogen and oxygen atoms in total. The normalized spacial score (nSPS) is 12.2. The molecule has 0 aliphatic carbocycles. The van der Waals surface area contributed by atoms with E-state index in [4.69, 9.17) is 14.2 Å². The van der Waals surface area contributed by atoms with E-state index in [1.54, 1.807) is 6.20 Å². The smallest absolute Gasteiger partial charge is 0.231 e. The van der Waals surface area contributed by atoms with Gasteiger partial charge in [0, 0.05) is 18.8 Å². The van der Waals surface area contributed by atoms with E-state index in [1.165, 1.54) is 0 Å². The Morgan fingerprint density at radius 1 is 1.19 bits per heavy atom. The molecule has 1 aromatic heterocycles. The first kappa shape index (κ1) is 13.5. The zero-order valence-corrected chi connectivity index (χ0v) is 12.0. The summed E-state index contributed by atoms with van der Waals surface area (Å²) in [6, 6.07) is 9.58. The summed E-state index contributed by atoms with van der Waals surface area (Å²) in [7, 11) is 0. The second-order valence-electron chi connectivity index (χ2n) is 4.78. The molecule has 0 amide bonds. The van der Waals surface area contributed by atoms with Crippen LogP contribution in [0.3, 0.4) is 0 Å². The van der Waals surface area contributed by atoms with Crippen LogP contribution in [0.1, 0.15) is 18.9 Å². The predicted octanol–water partition coefficient (Wildman–Crippen LogP) is 3.21. The van der Waals surface area contributed by atoms with Crippen molar-refractivity contribution in [3.63, 3.8) is 0 Å². The van der Waals surface area contributed by atoms with Gasteiger partial charge >= 0.3 is 0 Å². The van der Waals surface area contributed by atoms with Crippen LogP contribution >= 0.6 is 0 Å². The summed E-state index contributed by atoms with van der Waals surface area (Å²) in [6.07, 6.45) is 2.80. The molecule has 21 heavy (non-hydrogen) atoms. The van der Waals surface area contributed by atoms with Gasteiger partial charge in [0.25, 0.3) is 0 Å². The standard InChI is InChI=1S/C16H18N2O3/c1-2-6-17-16-9-13(5-7-18-16)19-10-12-3-4-14-15(8-12)21-11-20-14/h3-5,7-9H,2,6,10-11H2,1H3,(H,17,18). The fourth-order valence-corrected chi connectivity index (χ4v) is 2.05. The molecule has 1 N–H and O–H groups in total. The monoisotopic (exact) mass is 286 g/mol. The molecule has 0 fully saturated rings. The first-order valence-electron chi connectivity index (χ1n) is 7.06. The average Bonchev–Trinajstić information content (AvgIpc) is 2.99. The van der Waals surface area contributed by atoms with Gasteiger partial charge < -0.3 is 19.5 Å². The molecule has 1 aliphatic rings. The summed E-state index contributed by atoms with van der Waals surface area (Å²) in [5, 5.41) is 3.24. The first-order valence-corrected chi connectivity index (χ1v) is 7.06. The minimum absolute atomic E-state index is 0.288. The molecule has 5 heteroatoms. The lowest BCUT2D eigenvalue weighted by Gasteiger charge is -2.09. The fraction of sp³-hybridized carbons (Fsp3) is 0.312. The zero-order chi connectivity index (χ0) is 14.5. The van der Waals surface area contributed by atoms with Gasteiger partial charge in [-0.05, 0) is 30.2 Å². The third-order valence-corrected chi connectivity index (χ3v) is 3.13.